The standard InChI is InChI=1S/C28H38N2O5/c1-4-8-26(3)13-21(35-25(34)29-24(33)19-15-30-11-7-17(19)14-30)28-12-18(28)5-9-27(16(2)23(26)32)10-6-20(31)22(27)28/h1,16-19,21-23,32H,5-15H2,2-3H3,(H,29,33,34)/t16-,17+,18-,19-,21+,22?,23-,26+,27?,28-/m0/s1. The lowest BCUT2D eigenvalue weighted by molar-refractivity contribution is -0.163. The van der Waals surface area contributed by atoms with Gasteiger partial charge in [-0.05, 0) is 68.2 Å². The summed E-state index contributed by atoms with van der Waals surface area (Å²) in [5.41, 5.74) is -1.30. The molecule has 2 saturated heterocycles. The third-order valence-electron chi connectivity index (χ3n) is 11.4. The van der Waals surface area contributed by atoms with Crippen LogP contribution in [-0.4, -0.2) is 59.6 Å². The lowest BCUT2D eigenvalue weighted by Gasteiger charge is -2.56. The third kappa shape index (κ3) is 3.21. The van der Waals surface area contributed by atoms with Gasteiger partial charge in [-0.25, -0.2) is 4.79 Å². The summed E-state index contributed by atoms with van der Waals surface area (Å²) >= 11 is 0. The van der Waals surface area contributed by atoms with E-state index >= 15 is 0 Å². The summed E-state index contributed by atoms with van der Waals surface area (Å²) in [7, 11) is 0. The highest BCUT2D eigenvalue weighted by molar-refractivity contribution is 5.93. The van der Waals surface area contributed by atoms with Crippen LogP contribution in [0.3, 0.4) is 0 Å². The maximum absolute atomic E-state index is 13.4. The van der Waals surface area contributed by atoms with Crippen molar-refractivity contribution in [2.45, 2.75) is 77.4 Å². The van der Waals surface area contributed by atoms with Crippen molar-refractivity contribution < 1.29 is 24.2 Å². The number of piperidine rings is 1. The first kappa shape index (κ1) is 23.5. The molecular weight excluding hydrogens is 444 g/mol. The van der Waals surface area contributed by atoms with Crippen molar-refractivity contribution in [3.8, 4) is 12.3 Å². The highest BCUT2D eigenvalue weighted by Gasteiger charge is 2.77. The molecule has 2 aliphatic heterocycles. The number of hydrogen-bond acceptors (Lipinski definition) is 6. The molecular formula is C28H38N2O5. The van der Waals surface area contributed by atoms with Crippen molar-refractivity contribution in [3.63, 3.8) is 0 Å². The number of terminal acetylenes is 1. The summed E-state index contributed by atoms with van der Waals surface area (Å²) in [4.78, 5) is 41.7. The first-order chi connectivity index (χ1) is 16.6. The average Bonchev–Trinajstić information content (AvgIpc) is 3.10. The predicted molar refractivity (Wildman–Crippen MR) is 128 cm³/mol. The number of ether oxygens (including phenoxy) is 1. The fraction of sp³-hybridized carbons (Fsp3) is 0.821. The van der Waals surface area contributed by atoms with Crippen LogP contribution in [0.2, 0.25) is 0 Å². The monoisotopic (exact) mass is 482 g/mol. The van der Waals surface area contributed by atoms with Gasteiger partial charge in [-0.1, -0.05) is 13.8 Å². The number of carbonyl (C=O) groups excluding carboxylic acids is 3. The molecule has 0 aromatic rings. The molecule has 11 atom stereocenters. The average molecular weight is 483 g/mol. The van der Waals surface area contributed by atoms with Gasteiger partial charge in [0, 0.05) is 42.7 Å². The largest absolute Gasteiger partial charge is 0.445 e. The molecule has 0 aromatic heterocycles. The van der Waals surface area contributed by atoms with Crippen molar-refractivity contribution in [1.29, 1.82) is 0 Å². The fourth-order valence-electron chi connectivity index (χ4n) is 9.55. The van der Waals surface area contributed by atoms with E-state index in [0.717, 1.165) is 45.2 Å². The number of aliphatic hydroxyl groups is 1. The molecule has 4 saturated carbocycles. The molecule has 6 rings (SSSR count). The second-order valence-corrected chi connectivity index (χ2v) is 13.0. The summed E-state index contributed by atoms with van der Waals surface area (Å²) < 4.78 is 6.13. The van der Waals surface area contributed by atoms with Crippen molar-refractivity contribution in [2.75, 3.05) is 19.6 Å². The van der Waals surface area contributed by atoms with Crippen LogP contribution < -0.4 is 5.32 Å². The second-order valence-electron chi connectivity index (χ2n) is 13.0. The van der Waals surface area contributed by atoms with E-state index < -0.39 is 29.1 Å². The van der Waals surface area contributed by atoms with E-state index in [0.29, 0.717) is 37.6 Å². The number of nitrogens with one attached hydrogen (secondary N) is 1. The third-order valence-corrected chi connectivity index (χ3v) is 11.4. The highest BCUT2D eigenvalue weighted by atomic mass is 16.6. The van der Waals surface area contributed by atoms with Gasteiger partial charge in [0.1, 0.15) is 11.9 Å². The van der Waals surface area contributed by atoms with E-state index in [1.165, 1.54) is 0 Å². The lowest BCUT2D eigenvalue weighted by atomic mass is 9.50. The van der Waals surface area contributed by atoms with Gasteiger partial charge in [-0.15, -0.1) is 12.3 Å². The van der Waals surface area contributed by atoms with Crippen LogP contribution >= 0.6 is 0 Å². The number of fused-ring (bicyclic) bond motifs is 2. The normalized spacial score (nSPS) is 51.4. The minimum atomic E-state index is -0.717. The summed E-state index contributed by atoms with van der Waals surface area (Å²) in [5, 5.41) is 14.2. The van der Waals surface area contributed by atoms with Crippen LogP contribution in [0.5, 0.6) is 0 Å². The zero-order chi connectivity index (χ0) is 24.8. The van der Waals surface area contributed by atoms with Crippen LogP contribution in [-0.2, 0) is 14.3 Å². The van der Waals surface area contributed by atoms with Gasteiger partial charge >= 0.3 is 6.09 Å². The molecule has 4 aliphatic carbocycles. The Labute approximate surface area is 207 Å². The molecule has 35 heavy (non-hydrogen) atoms. The zero-order valence-corrected chi connectivity index (χ0v) is 20.9. The topological polar surface area (TPSA) is 95.9 Å². The van der Waals surface area contributed by atoms with Crippen molar-refractivity contribution >= 4 is 17.8 Å². The summed E-state index contributed by atoms with van der Waals surface area (Å²) in [5.74, 6) is 2.98. The SMILES string of the molecule is C#CC[C@]1(C)C[C@@H](OC(=O)NC(=O)[C@H]2CN3CC[C@@H]2C3)[C@]23C[C@@H]2CCC2(CCC(=O)C23)[C@@H](C)[C@@H]1O. The van der Waals surface area contributed by atoms with Crippen molar-refractivity contribution in [3.05, 3.63) is 0 Å². The molecule has 3 unspecified atom stereocenters. The van der Waals surface area contributed by atoms with Gasteiger partial charge < -0.3 is 14.7 Å². The van der Waals surface area contributed by atoms with E-state index in [2.05, 4.69) is 23.1 Å². The van der Waals surface area contributed by atoms with E-state index in [-0.39, 0.29) is 34.9 Å². The number of imide groups is 1. The van der Waals surface area contributed by atoms with Crippen molar-refractivity contribution in [1.82, 2.24) is 10.2 Å². The summed E-state index contributed by atoms with van der Waals surface area (Å²) in [6.45, 7) is 6.74. The maximum Gasteiger partial charge on any atom is 0.414 e. The van der Waals surface area contributed by atoms with Gasteiger partial charge in [0.05, 0.1) is 12.0 Å². The van der Waals surface area contributed by atoms with Gasteiger partial charge in [0.15, 0.2) is 0 Å². The number of nitrogens with zero attached hydrogens (tertiary/aromatic N) is 1. The molecule has 2 N–H and O–H groups in total. The first-order valence-corrected chi connectivity index (χ1v) is 13.5. The Bertz CT molecular complexity index is 1010. The molecule has 2 heterocycles. The summed E-state index contributed by atoms with van der Waals surface area (Å²) in [6, 6.07) is 0. The molecule has 7 nitrogen and oxygen atoms in total. The van der Waals surface area contributed by atoms with Crippen LogP contribution in [0.4, 0.5) is 4.79 Å². The molecule has 0 radical (unpaired) electrons. The molecule has 4 bridgehead atoms. The van der Waals surface area contributed by atoms with E-state index in [9.17, 15) is 19.5 Å². The smallest absolute Gasteiger partial charge is 0.414 e. The Kier molecular flexibility index (Phi) is 5.23. The van der Waals surface area contributed by atoms with E-state index in [1.807, 2.05) is 6.92 Å². The Morgan fingerprint density at radius 3 is 2.74 bits per heavy atom. The number of ketones is 1. The first-order valence-electron chi connectivity index (χ1n) is 13.5. The molecule has 6 aliphatic rings. The van der Waals surface area contributed by atoms with E-state index in [1.54, 1.807) is 0 Å². The molecule has 190 valence electrons. The Morgan fingerprint density at radius 1 is 1.26 bits per heavy atom. The number of carbonyl (C=O) groups is 3. The molecule has 7 heteroatoms. The van der Waals surface area contributed by atoms with E-state index in [4.69, 9.17) is 11.2 Å². The lowest BCUT2D eigenvalue weighted by Crippen LogP contribution is -2.58. The summed E-state index contributed by atoms with van der Waals surface area (Å²) in [6.07, 6.45) is 9.66. The molecule has 2 amide bonds. The van der Waals surface area contributed by atoms with Gasteiger partial charge in [0.25, 0.3) is 0 Å². The molecule has 6 fully saturated rings. The highest BCUT2D eigenvalue weighted by Crippen LogP contribution is 2.77. The Morgan fingerprint density at radius 2 is 2.06 bits per heavy atom. The number of rotatable bonds is 3. The quantitative estimate of drug-likeness (QED) is 0.601. The Hall–Kier alpha value is -1.91. The zero-order valence-electron chi connectivity index (χ0n) is 20.9. The molecule has 0 aromatic carbocycles. The second kappa shape index (κ2) is 7.79. The van der Waals surface area contributed by atoms with Crippen LogP contribution in [0, 0.1) is 58.2 Å². The number of Topliss-reactive ketones (excluding diaryl/α,β-unsaturated/α-hetero) is 1. The number of aliphatic hydroxyl groups excluding tert-OH is 1. The minimum absolute atomic E-state index is 0.0557. The number of amides is 2. The van der Waals surface area contributed by atoms with Gasteiger partial charge in [0.2, 0.25) is 5.91 Å². The predicted octanol–water partition coefficient (Wildman–Crippen LogP) is 2.76. The molecule has 1 spiro atoms. The van der Waals surface area contributed by atoms with Crippen LogP contribution in [0.1, 0.15) is 65.2 Å². The van der Waals surface area contributed by atoms with Crippen LogP contribution in [0.25, 0.3) is 0 Å². The van der Waals surface area contributed by atoms with Crippen molar-refractivity contribution in [2.24, 2.45) is 45.8 Å². The minimum Gasteiger partial charge on any atom is -0.445 e. The number of alkyl carbamates (subject to hydrolysis) is 1. The maximum atomic E-state index is 13.4. The van der Waals surface area contributed by atoms with Gasteiger partial charge in [-0.2, -0.15) is 0 Å². The Balaban J connectivity index is 1.30. The number of hydrogen-bond donors (Lipinski definition) is 2. The van der Waals surface area contributed by atoms with Crippen LogP contribution in [0.15, 0.2) is 0 Å². The van der Waals surface area contributed by atoms with Gasteiger partial charge in [-0.3, -0.25) is 14.9 Å². The fourth-order valence-corrected chi connectivity index (χ4v) is 9.55.